The summed E-state index contributed by atoms with van der Waals surface area (Å²) in [4.78, 5) is 24.4. The van der Waals surface area contributed by atoms with Gasteiger partial charge in [0.2, 0.25) is 10.0 Å². The first-order valence-electron chi connectivity index (χ1n) is 9.67. The van der Waals surface area contributed by atoms with Crippen molar-refractivity contribution in [1.82, 2.24) is 14.5 Å². The minimum Gasteiger partial charge on any atom is -0.484 e. The smallest absolute Gasteiger partial charge is 0.269 e. The molecule has 2 aromatic carbocycles. The first kappa shape index (κ1) is 22.7. The molecule has 1 N–H and O–H groups in total. The maximum atomic E-state index is 12.7. The number of nitro groups is 1. The summed E-state index contributed by atoms with van der Waals surface area (Å²) in [6, 6.07) is 11.9. The van der Waals surface area contributed by atoms with Gasteiger partial charge in [0.15, 0.2) is 6.61 Å². The van der Waals surface area contributed by atoms with Gasteiger partial charge in [0.1, 0.15) is 5.75 Å². The number of nitrogens with one attached hydrogen (secondary N) is 1. The van der Waals surface area contributed by atoms with Crippen molar-refractivity contribution in [3.63, 3.8) is 0 Å². The highest BCUT2D eigenvalue weighted by molar-refractivity contribution is 7.89. The van der Waals surface area contributed by atoms with E-state index in [0.29, 0.717) is 31.9 Å². The van der Waals surface area contributed by atoms with E-state index in [9.17, 15) is 23.3 Å². The number of likely N-dealkylation sites (N-methyl/N-ethyl adjacent to an activating group) is 1. The number of rotatable bonds is 8. The summed E-state index contributed by atoms with van der Waals surface area (Å²) in [6.45, 7) is 2.30. The first-order valence-corrected chi connectivity index (χ1v) is 11.1. The second kappa shape index (κ2) is 9.86. The summed E-state index contributed by atoms with van der Waals surface area (Å²) >= 11 is 0. The van der Waals surface area contributed by atoms with Crippen LogP contribution in [0.3, 0.4) is 0 Å². The Balaban J connectivity index is 1.48. The Bertz CT molecular complexity index is 1020. The third-order valence-corrected chi connectivity index (χ3v) is 6.84. The third kappa shape index (κ3) is 6.00. The number of ether oxygens (including phenoxy) is 1. The molecule has 31 heavy (non-hydrogen) atoms. The molecular weight excluding hydrogens is 424 g/mol. The summed E-state index contributed by atoms with van der Waals surface area (Å²) in [5.74, 6) is -0.0216. The standard InChI is InChI=1S/C20H24N4O6S/c1-22-10-12-23(13-11-22)31(28,29)19-8-2-16(3-9-19)14-21-20(25)15-30-18-6-4-17(5-7-18)24(26)27/h2-9H,10-15H2,1H3,(H,21,25). The maximum absolute atomic E-state index is 12.7. The predicted octanol–water partition coefficient (Wildman–Crippen LogP) is 1.23. The van der Waals surface area contributed by atoms with E-state index in [2.05, 4.69) is 10.2 Å². The van der Waals surface area contributed by atoms with Crippen molar-refractivity contribution in [2.24, 2.45) is 0 Å². The van der Waals surface area contributed by atoms with Crippen molar-refractivity contribution >= 4 is 21.6 Å². The number of hydrogen-bond acceptors (Lipinski definition) is 7. The number of non-ortho nitro benzene ring substituents is 1. The fraction of sp³-hybridized carbons (Fsp3) is 0.350. The van der Waals surface area contributed by atoms with Crippen LogP contribution in [0.25, 0.3) is 0 Å². The van der Waals surface area contributed by atoms with Crippen molar-refractivity contribution in [2.75, 3.05) is 39.8 Å². The van der Waals surface area contributed by atoms with E-state index >= 15 is 0 Å². The quantitative estimate of drug-likeness (QED) is 0.476. The Morgan fingerprint density at radius 1 is 1.06 bits per heavy atom. The summed E-state index contributed by atoms with van der Waals surface area (Å²) in [7, 11) is -1.56. The molecule has 2 aromatic rings. The Morgan fingerprint density at radius 3 is 2.26 bits per heavy atom. The predicted molar refractivity (Wildman–Crippen MR) is 113 cm³/mol. The lowest BCUT2D eigenvalue weighted by Gasteiger charge is -2.31. The minimum absolute atomic E-state index is 0.0603. The van der Waals surface area contributed by atoms with Gasteiger partial charge in [-0.25, -0.2) is 8.42 Å². The van der Waals surface area contributed by atoms with Crippen LogP contribution in [0.15, 0.2) is 53.4 Å². The van der Waals surface area contributed by atoms with Crippen molar-refractivity contribution in [3.05, 3.63) is 64.2 Å². The number of sulfonamides is 1. The highest BCUT2D eigenvalue weighted by Gasteiger charge is 2.27. The average Bonchev–Trinajstić information content (AvgIpc) is 2.77. The van der Waals surface area contributed by atoms with Crippen LogP contribution in [0.2, 0.25) is 0 Å². The number of hydrogen-bond donors (Lipinski definition) is 1. The molecule has 1 heterocycles. The Morgan fingerprint density at radius 2 is 1.68 bits per heavy atom. The van der Waals surface area contributed by atoms with Crippen LogP contribution in [-0.4, -0.2) is 68.3 Å². The van der Waals surface area contributed by atoms with E-state index in [1.54, 1.807) is 24.3 Å². The van der Waals surface area contributed by atoms with Gasteiger partial charge in [-0.15, -0.1) is 0 Å². The second-order valence-corrected chi connectivity index (χ2v) is 9.11. The molecule has 10 nitrogen and oxygen atoms in total. The fourth-order valence-electron chi connectivity index (χ4n) is 3.02. The molecule has 1 amide bonds. The van der Waals surface area contributed by atoms with Gasteiger partial charge in [-0.05, 0) is 36.9 Å². The number of benzene rings is 2. The molecule has 3 rings (SSSR count). The molecule has 1 aliphatic rings. The highest BCUT2D eigenvalue weighted by Crippen LogP contribution is 2.19. The lowest BCUT2D eigenvalue weighted by atomic mass is 10.2. The second-order valence-electron chi connectivity index (χ2n) is 7.17. The van der Waals surface area contributed by atoms with Crippen LogP contribution in [0, 0.1) is 10.1 Å². The van der Waals surface area contributed by atoms with Crippen LogP contribution in [0.1, 0.15) is 5.56 Å². The van der Waals surface area contributed by atoms with Gasteiger partial charge in [0.25, 0.3) is 11.6 Å². The maximum Gasteiger partial charge on any atom is 0.269 e. The molecule has 0 bridgehead atoms. The number of carbonyl (C=O) groups is 1. The van der Waals surface area contributed by atoms with Gasteiger partial charge in [0.05, 0.1) is 9.82 Å². The largest absolute Gasteiger partial charge is 0.484 e. The number of piperazine rings is 1. The lowest BCUT2D eigenvalue weighted by molar-refractivity contribution is -0.384. The molecule has 0 saturated carbocycles. The molecule has 0 aromatic heterocycles. The van der Waals surface area contributed by atoms with Crippen molar-refractivity contribution in [1.29, 1.82) is 0 Å². The minimum atomic E-state index is -3.52. The topological polar surface area (TPSA) is 122 Å². The van der Waals surface area contributed by atoms with Crippen molar-refractivity contribution < 1.29 is 22.9 Å². The number of amides is 1. The first-order chi connectivity index (χ1) is 14.8. The monoisotopic (exact) mass is 448 g/mol. The fourth-order valence-corrected chi connectivity index (χ4v) is 4.44. The Hall–Kier alpha value is -3.02. The SMILES string of the molecule is CN1CCN(S(=O)(=O)c2ccc(CNC(=O)COc3ccc([N+](=O)[O-])cc3)cc2)CC1. The van der Waals surface area contributed by atoms with E-state index in [4.69, 9.17) is 4.74 Å². The van der Waals surface area contributed by atoms with E-state index in [1.807, 2.05) is 7.05 Å². The van der Waals surface area contributed by atoms with E-state index in [0.717, 1.165) is 5.56 Å². The van der Waals surface area contributed by atoms with Crippen LogP contribution in [0.4, 0.5) is 5.69 Å². The molecule has 1 fully saturated rings. The summed E-state index contributed by atoms with van der Waals surface area (Å²) < 4.78 is 32.3. The molecule has 1 aliphatic heterocycles. The summed E-state index contributed by atoms with van der Waals surface area (Å²) in [5, 5.41) is 13.3. The van der Waals surface area contributed by atoms with Crippen LogP contribution in [-0.2, 0) is 21.4 Å². The average molecular weight is 449 g/mol. The molecule has 0 aliphatic carbocycles. The van der Waals surface area contributed by atoms with Gasteiger partial charge < -0.3 is 15.0 Å². The summed E-state index contributed by atoms with van der Waals surface area (Å²) in [6.07, 6.45) is 0. The van der Waals surface area contributed by atoms with Crippen molar-refractivity contribution in [3.8, 4) is 5.75 Å². The van der Waals surface area contributed by atoms with Gasteiger partial charge in [-0.3, -0.25) is 14.9 Å². The number of nitro benzene ring substituents is 1. The molecule has 0 atom stereocenters. The van der Waals surface area contributed by atoms with E-state index < -0.39 is 14.9 Å². The van der Waals surface area contributed by atoms with Gasteiger partial charge in [-0.1, -0.05) is 12.1 Å². The zero-order chi connectivity index (χ0) is 22.4. The Labute approximate surface area is 180 Å². The molecule has 1 saturated heterocycles. The normalized spacial score (nSPS) is 15.4. The molecule has 0 radical (unpaired) electrons. The third-order valence-electron chi connectivity index (χ3n) is 4.93. The molecule has 11 heteroatoms. The van der Waals surface area contributed by atoms with Crippen LogP contribution >= 0.6 is 0 Å². The van der Waals surface area contributed by atoms with E-state index in [1.165, 1.54) is 28.6 Å². The van der Waals surface area contributed by atoms with Crippen LogP contribution in [0.5, 0.6) is 5.75 Å². The zero-order valence-electron chi connectivity index (χ0n) is 17.1. The zero-order valence-corrected chi connectivity index (χ0v) is 17.9. The van der Waals surface area contributed by atoms with Gasteiger partial charge >= 0.3 is 0 Å². The number of nitrogens with zero attached hydrogens (tertiary/aromatic N) is 3. The van der Waals surface area contributed by atoms with Crippen LogP contribution < -0.4 is 10.1 Å². The van der Waals surface area contributed by atoms with Crippen molar-refractivity contribution in [2.45, 2.75) is 11.4 Å². The number of carbonyl (C=O) groups excluding carboxylic acids is 1. The van der Waals surface area contributed by atoms with Gasteiger partial charge in [-0.2, -0.15) is 4.31 Å². The lowest BCUT2D eigenvalue weighted by Crippen LogP contribution is -2.47. The highest BCUT2D eigenvalue weighted by atomic mass is 32.2. The summed E-state index contributed by atoms with van der Waals surface area (Å²) in [5.41, 5.74) is 0.691. The van der Waals surface area contributed by atoms with Gasteiger partial charge in [0, 0.05) is 44.9 Å². The molecule has 0 spiro atoms. The Kier molecular flexibility index (Phi) is 7.21. The molecule has 166 valence electrons. The van der Waals surface area contributed by atoms with E-state index in [-0.39, 0.29) is 29.6 Å². The molecular formula is C20H24N4O6S. The molecule has 0 unspecified atom stereocenters.